The summed E-state index contributed by atoms with van der Waals surface area (Å²) in [6.07, 6.45) is 3.48. The molecule has 1 saturated heterocycles. The van der Waals surface area contributed by atoms with Crippen molar-refractivity contribution < 1.29 is 23.9 Å². The Hall–Kier alpha value is -4.34. The van der Waals surface area contributed by atoms with Gasteiger partial charge >= 0.3 is 0 Å². The van der Waals surface area contributed by atoms with Crippen molar-refractivity contribution in [2.75, 3.05) is 33.4 Å². The van der Waals surface area contributed by atoms with E-state index in [0.717, 1.165) is 11.1 Å². The number of carbonyl (C=O) groups excluding carboxylic acids is 3. The number of amides is 3. The van der Waals surface area contributed by atoms with Gasteiger partial charge in [-0.2, -0.15) is 0 Å². The number of fused-ring (bicyclic) bond motifs is 7. The number of rotatable bonds is 2. The summed E-state index contributed by atoms with van der Waals surface area (Å²) in [5, 5.41) is 5.55. The van der Waals surface area contributed by atoms with E-state index < -0.39 is 0 Å². The van der Waals surface area contributed by atoms with Crippen molar-refractivity contribution >= 4 is 17.7 Å². The quantitative estimate of drug-likeness (QED) is 0.591. The molecule has 3 heterocycles. The fraction of sp³-hybridized carbons (Fsp3) is 0.250. The van der Waals surface area contributed by atoms with Crippen LogP contribution in [0, 0.1) is 0 Å². The Labute approximate surface area is 195 Å². The average molecular weight is 461 g/mol. The molecule has 10 nitrogen and oxygen atoms in total. The highest BCUT2D eigenvalue weighted by Crippen LogP contribution is 2.33. The predicted octanol–water partition coefficient (Wildman–Crippen LogP) is 1.13. The van der Waals surface area contributed by atoms with Crippen LogP contribution in [0.2, 0.25) is 0 Å². The van der Waals surface area contributed by atoms with Crippen LogP contribution in [-0.4, -0.2) is 65.5 Å². The lowest BCUT2D eigenvalue weighted by Crippen LogP contribution is -2.50. The third-order valence-electron chi connectivity index (χ3n) is 5.74. The Morgan fingerprint density at radius 3 is 2.82 bits per heavy atom. The maximum absolute atomic E-state index is 13.2. The molecule has 174 valence electrons. The van der Waals surface area contributed by atoms with Crippen molar-refractivity contribution in [3.05, 3.63) is 59.9 Å². The second-order valence-electron chi connectivity index (χ2n) is 8.02. The average Bonchev–Trinajstić information content (AvgIpc) is 3.35. The molecule has 34 heavy (non-hydrogen) atoms. The van der Waals surface area contributed by atoms with Crippen molar-refractivity contribution in [1.29, 1.82) is 0 Å². The summed E-state index contributed by atoms with van der Waals surface area (Å²) in [5.41, 5.74) is 2.63. The molecule has 0 saturated carbocycles. The molecule has 1 fully saturated rings. The third-order valence-corrected chi connectivity index (χ3v) is 5.74. The van der Waals surface area contributed by atoms with Crippen LogP contribution in [-0.2, 0) is 16.1 Å². The van der Waals surface area contributed by atoms with Crippen LogP contribution >= 0.6 is 0 Å². The van der Waals surface area contributed by atoms with E-state index in [4.69, 9.17) is 9.47 Å². The molecule has 3 amide bonds. The van der Waals surface area contributed by atoms with Crippen molar-refractivity contribution in [1.82, 2.24) is 25.1 Å². The molecule has 5 rings (SSSR count). The lowest BCUT2D eigenvalue weighted by molar-refractivity contribution is -0.124. The number of carbonyl (C=O) groups is 3. The Kier molecular flexibility index (Phi) is 5.62. The van der Waals surface area contributed by atoms with Crippen LogP contribution in [0.25, 0.3) is 17.1 Å². The van der Waals surface area contributed by atoms with Gasteiger partial charge < -0.3 is 25.0 Å². The first-order valence-corrected chi connectivity index (χ1v) is 10.8. The van der Waals surface area contributed by atoms with Gasteiger partial charge in [-0.15, -0.1) is 0 Å². The van der Waals surface area contributed by atoms with Crippen LogP contribution in [0.3, 0.4) is 0 Å². The van der Waals surface area contributed by atoms with Crippen LogP contribution in [0.5, 0.6) is 11.5 Å². The SMILES string of the molecule is COc1ccc2cc1OCC(=O)NCc1cc(C(=O)N3CCNC(=O)C3)cc(c1)-n1ccnc1-2. The highest BCUT2D eigenvalue weighted by Gasteiger charge is 2.24. The molecular weight excluding hydrogens is 438 g/mol. The molecule has 2 aliphatic rings. The normalized spacial score (nSPS) is 15.5. The van der Waals surface area contributed by atoms with E-state index in [0.29, 0.717) is 41.7 Å². The van der Waals surface area contributed by atoms with Gasteiger partial charge in [0.25, 0.3) is 11.8 Å². The highest BCUT2D eigenvalue weighted by molar-refractivity contribution is 5.97. The molecule has 2 aromatic carbocycles. The molecule has 10 heteroatoms. The van der Waals surface area contributed by atoms with Gasteiger partial charge in [0, 0.05) is 48.8 Å². The van der Waals surface area contributed by atoms with Crippen LogP contribution in [0.4, 0.5) is 0 Å². The smallest absolute Gasteiger partial charge is 0.258 e. The number of benzene rings is 2. The number of imidazole rings is 1. The zero-order valence-electron chi connectivity index (χ0n) is 18.5. The van der Waals surface area contributed by atoms with Crippen LogP contribution in [0.15, 0.2) is 48.8 Å². The summed E-state index contributed by atoms with van der Waals surface area (Å²) in [6, 6.07) is 10.8. The number of nitrogens with zero attached hydrogens (tertiary/aromatic N) is 3. The van der Waals surface area contributed by atoms with E-state index in [1.54, 1.807) is 36.7 Å². The Morgan fingerprint density at radius 2 is 2.00 bits per heavy atom. The summed E-state index contributed by atoms with van der Waals surface area (Å²) in [4.78, 5) is 43.5. The predicted molar refractivity (Wildman–Crippen MR) is 122 cm³/mol. The molecule has 1 aromatic heterocycles. The second-order valence-corrected chi connectivity index (χ2v) is 8.02. The first kappa shape index (κ1) is 21.5. The van der Waals surface area contributed by atoms with Gasteiger partial charge in [-0.05, 0) is 42.0 Å². The first-order chi connectivity index (χ1) is 16.5. The molecule has 0 spiro atoms. The maximum Gasteiger partial charge on any atom is 0.258 e. The third kappa shape index (κ3) is 4.17. The number of nitrogens with one attached hydrogen (secondary N) is 2. The van der Waals surface area contributed by atoms with E-state index in [9.17, 15) is 14.4 Å². The number of hydrogen-bond acceptors (Lipinski definition) is 6. The molecule has 0 atom stereocenters. The molecular formula is C24H23N5O5. The van der Waals surface area contributed by atoms with Crippen molar-refractivity contribution in [2.24, 2.45) is 0 Å². The Bertz CT molecular complexity index is 1280. The minimum atomic E-state index is -0.310. The van der Waals surface area contributed by atoms with Crippen LogP contribution in [0.1, 0.15) is 15.9 Å². The molecule has 0 aliphatic carbocycles. The van der Waals surface area contributed by atoms with Gasteiger partial charge in [-0.3, -0.25) is 19.0 Å². The number of hydrogen-bond donors (Lipinski definition) is 2. The monoisotopic (exact) mass is 461 g/mol. The van der Waals surface area contributed by atoms with Crippen LogP contribution < -0.4 is 20.1 Å². The van der Waals surface area contributed by atoms with Gasteiger partial charge in [0.15, 0.2) is 18.1 Å². The molecule has 2 N–H and O–H groups in total. The lowest BCUT2D eigenvalue weighted by atomic mass is 10.1. The Balaban J connectivity index is 1.61. The molecule has 2 aliphatic heterocycles. The largest absolute Gasteiger partial charge is 0.493 e. The van der Waals surface area contributed by atoms with Gasteiger partial charge in [0.2, 0.25) is 5.91 Å². The summed E-state index contributed by atoms with van der Waals surface area (Å²) in [6.45, 7) is 0.872. The van der Waals surface area contributed by atoms with Crippen molar-refractivity contribution in [3.8, 4) is 28.6 Å². The minimum Gasteiger partial charge on any atom is -0.493 e. The summed E-state index contributed by atoms with van der Waals surface area (Å²) in [7, 11) is 1.53. The standard InChI is InChI=1S/C24H23N5O5/c1-33-19-3-2-16-11-20(19)34-14-22(31)27-12-15-8-17(24(32)28-6-4-25-21(30)13-28)10-18(9-15)29-7-5-26-23(16)29/h2-3,5,7-11H,4,6,12-14H2,1H3,(H,25,30)(H,27,31). The van der Waals surface area contributed by atoms with Gasteiger partial charge in [-0.25, -0.2) is 4.98 Å². The topological polar surface area (TPSA) is 115 Å². The summed E-state index contributed by atoms with van der Waals surface area (Å²) >= 11 is 0. The van der Waals surface area contributed by atoms with Gasteiger partial charge in [0.05, 0.1) is 13.7 Å². The number of ether oxygens (including phenoxy) is 2. The van der Waals surface area contributed by atoms with E-state index in [1.807, 2.05) is 16.7 Å². The number of piperazine rings is 1. The number of methoxy groups -OCH3 is 1. The van der Waals surface area contributed by atoms with E-state index in [-0.39, 0.29) is 37.4 Å². The van der Waals surface area contributed by atoms with Gasteiger partial charge in [0.1, 0.15) is 5.82 Å². The summed E-state index contributed by atoms with van der Waals surface area (Å²) in [5.74, 6) is 0.826. The zero-order valence-corrected chi connectivity index (χ0v) is 18.5. The first-order valence-electron chi connectivity index (χ1n) is 10.8. The zero-order chi connectivity index (χ0) is 23.7. The van der Waals surface area contributed by atoms with E-state index >= 15 is 0 Å². The molecule has 3 aromatic rings. The minimum absolute atomic E-state index is 0.0113. The van der Waals surface area contributed by atoms with E-state index in [2.05, 4.69) is 15.6 Å². The fourth-order valence-electron chi connectivity index (χ4n) is 4.08. The number of aromatic nitrogens is 2. The second kappa shape index (κ2) is 8.89. The fourth-order valence-corrected chi connectivity index (χ4v) is 4.08. The highest BCUT2D eigenvalue weighted by atomic mass is 16.5. The van der Waals surface area contributed by atoms with Crippen molar-refractivity contribution in [3.63, 3.8) is 0 Å². The summed E-state index contributed by atoms with van der Waals surface area (Å²) < 4.78 is 13.0. The molecule has 0 radical (unpaired) electrons. The van der Waals surface area contributed by atoms with Crippen molar-refractivity contribution in [2.45, 2.75) is 6.54 Å². The Morgan fingerprint density at radius 1 is 1.12 bits per heavy atom. The van der Waals surface area contributed by atoms with E-state index in [1.165, 1.54) is 12.0 Å². The lowest BCUT2D eigenvalue weighted by Gasteiger charge is -2.27. The molecule has 0 unspecified atom stereocenters. The molecule has 4 bridgehead atoms. The maximum atomic E-state index is 13.2. The van der Waals surface area contributed by atoms with Gasteiger partial charge in [-0.1, -0.05) is 0 Å².